The molecular formula is C17H35N3O. The van der Waals surface area contributed by atoms with Gasteiger partial charge < -0.3 is 9.80 Å². The summed E-state index contributed by atoms with van der Waals surface area (Å²) in [5.41, 5.74) is 0. The summed E-state index contributed by atoms with van der Waals surface area (Å²) in [6.07, 6.45) is 4.47. The molecule has 2 atom stereocenters. The molecule has 4 nitrogen and oxygen atoms in total. The number of hydrogen-bond acceptors (Lipinski definition) is 3. The lowest BCUT2D eigenvalue weighted by Gasteiger charge is -2.28. The number of nitrogens with one attached hydrogen (secondary N) is 1. The van der Waals surface area contributed by atoms with E-state index in [0.717, 1.165) is 38.8 Å². The van der Waals surface area contributed by atoms with Gasteiger partial charge in [-0.05, 0) is 52.6 Å². The van der Waals surface area contributed by atoms with Crippen molar-refractivity contribution in [3.05, 3.63) is 0 Å². The summed E-state index contributed by atoms with van der Waals surface area (Å²) >= 11 is 0. The molecule has 0 aromatic rings. The fraction of sp³-hybridized carbons (Fsp3) is 0.941. The first-order chi connectivity index (χ1) is 9.88. The minimum atomic E-state index is 0.0423. The monoisotopic (exact) mass is 297 g/mol. The molecule has 0 aromatic heterocycles. The minimum absolute atomic E-state index is 0.0423. The molecule has 0 radical (unpaired) electrons. The van der Waals surface area contributed by atoms with Gasteiger partial charge in [0.05, 0.1) is 12.2 Å². The minimum Gasteiger partial charge on any atom is -0.326 e. The third-order valence-electron chi connectivity index (χ3n) is 4.54. The van der Waals surface area contributed by atoms with Gasteiger partial charge in [0, 0.05) is 12.6 Å². The predicted molar refractivity (Wildman–Crippen MR) is 89.2 cm³/mol. The SMILES string of the molecule is CCCC1NC(C(C)C)N(CCCCN(C)C(C)C)C1=O. The van der Waals surface area contributed by atoms with Crippen LogP contribution in [0.5, 0.6) is 0 Å². The van der Waals surface area contributed by atoms with Gasteiger partial charge >= 0.3 is 0 Å². The Kier molecular flexibility index (Phi) is 7.67. The van der Waals surface area contributed by atoms with Gasteiger partial charge in [0.25, 0.3) is 0 Å². The van der Waals surface area contributed by atoms with Crippen molar-refractivity contribution in [1.82, 2.24) is 15.1 Å². The summed E-state index contributed by atoms with van der Waals surface area (Å²) in [5.74, 6) is 0.780. The van der Waals surface area contributed by atoms with Crippen molar-refractivity contribution in [2.75, 3.05) is 20.1 Å². The zero-order valence-corrected chi connectivity index (χ0v) is 14.9. The number of nitrogens with zero attached hydrogens (tertiary/aromatic N) is 2. The molecule has 21 heavy (non-hydrogen) atoms. The number of carbonyl (C=O) groups is 1. The van der Waals surface area contributed by atoms with E-state index in [4.69, 9.17) is 0 Å². The smallest absolute Gasteiger partial charge is 0.241 e. The van der Waals surface area contributed by atoms with E-state index >= 15 is 0 Å². The van der Waals surface area contributed by atoms with Crippen LogP contribution in [0.4, 0.5) is 0 Å². The number of unbranched alkanes of at least 4 members (excludes halogenated alkanes) is 1. The standard InChI is InChI=1S/C17H35N3O/c1-7-10-15-17(21)20(16(18-15)13(2)3)12-9-8-11-19(6)14(4)5/h13-16,18H,7-12H2,1-6H3. The second-order valence-corrected chi connectivity index (χ2v) is 7.01. The van der Waals surface area contributed by atoms with Crippen LogP contribution in [0.15, 0.2) is 0 Å². The van der Waals surface area contributed by atoms with E-state index < -0.39 is 0 Å². The van der Waals surface area contributed by atoms with Crippen LogP contribution in [0.3, 0.4) is 0 Å². The van der Waals surface area contributed by atoms with Gasteiger partial charge in [-0.3, -0.25) is 10.1 Å². The first-order valence-electron chi connectivity index (χ1n) is 8.65. The van der Waals surface area contributed by atoms with E-state index in [9.17, 15) is 4.79 Å². The molecule has 1 heterocycles. The van der Waals surface area contributed by atoms with Gasteiger partial charge in [-0.15, -0.1) is 0 Å². The largest absolute Gasteiger partial charge is 0.326 e. The Morgan fingerprint density at radius 1 is 1.24 bits per heavy atom. The van der Waals surface area contributed by atoms with Gasteiger partial charge in [0.15, 0.2) is 0 Å². The Bertz CT molecular complexity index is 317. The number of amides is 1. The summed E-state index contributed by atoms with van der Waals surface area (Å²) in [5, 5.41) is 3.53. The van der Waals surface area contributed by atoms with Crippen molar-refractivity contribution >= 4 is 5.91 Å². The predicted octanol–water partition coefficient (Wildman–Crippen LogP) is 2.69. The molecule has 1 fully saturated rings. The summed E-state index contributed by atoms with van der Waals surface area (Å²) in [6, 6.07) is 0.637. The zero-order chi connectivity index (χ0) is 16.0. The fourth-order valence-electron chi connectivity index (χ4n) is 2.90. The molecule has 0 spiro atoms. The van der Waals surface area contributed by atoms with Crippen LogP contribution in [0.1, 0.15) is 60.3 Å². The summed E-state index contributed by atoms with van der Waals surface area (Å²) in [6.45, 7) is 13.0. The Morgan fingerprint density at radius 3 is 2.43 bits per heavy atom. The van der Waals surface area contributed by atoms with E-state index in [2.05, 4.69) is 56.8 Å². The van der Waals surface area contributed by atoms with Crippen LogP contribution in [-0.4, -0.2) is 54.1 Å². The lowest BCUT2D eigenvalue weighted by Crippen LogP contribution is -2.42. The van der Waals surface area contributed by atoms with Crippen molar-refractivity contribution < 1.29 is 4.79 Å². The van der Waals surface area contributed by atoms with Gasteiger partial charge in [0.1, 0.15) is 0 Å². The van der Waals surface area contributed by atoms with E-state index in [1.807, 2.05) is 0 Å². The summed E-state index contributed by atoms with van der Waals surface area (Å²) < 4.78 is 0. The number of rotatable bonds is 9. The molecule has 2 unspecified atom stereocenters. The molecule has 4 heteroatoms. The molecule has 124 valence electrons. The molecule has 0 aromatic carbocycles. The Morgan fingerprint density at radius 2 is 1.90 bits per heavy atom. The molecule has 0 bridgehead atoms. The van der Waals surface area contributed by atoms with Crippen molar-refractivity contribution in [3.8, 4) is 0 Å². The molecular weight excluding hydrogens is 262 g/mol. The van der Waals surface area contributed by atoms with E-state index in [1.54, 1.807) is 0 Å². The van der Waals surface area contributed by atoms with Crippen LogP contribution in [0.2, 0.25) is 0 Å². The van der Waals surface area contributed by atoms with Crippen molar-refractivity contribution in [2.45, 2.75) is 78.6 Å². The highest BCUT2D eigenvalue weighted by Crippen LogP contribution is 2.20. The van der Waals surface area contributed by atoms with Crippen LogP contribution in [-0.2, 0) is 4.79 Å². The second-order valence-electron chi connectivity index (χ2n) is 7.01. The molecule has 1 aliphatic rings. The molecule has 1 saturated heterocycles. The third kappa shape index (κ3) is 5.26. The maximum Gasteiger partial charge on any atom is 0.241 e. The normalized spacial score (nSPS) is 23.1. The average molecular weight is 297 g/mol. The Balaban J connectivity index is 2.45. The highest BCUT2D eigenvalue weighted by Gasteiger charge is 2.38. The van der Waals surface area contributed by atoms with Crippen molar-refractivity contribution in [2.24, 2.45) is 5.92 Å². The van der Waals surface area contributed by atoms with Crippen LogP contribution in [0, 0.1) is 5.92 Å². The number of hydrogen-bond donors (Lipinski definition) is 1. The van der Waals surface area contributed by atoms with Crippen molar-refractivity contribution in [1.29, 1.82) is 0 Å². The van der Waals surface area contributed by atoms with Crippen molar-refractivity contribution in [3.63, 3.8) is 0 Å². The lowest BCUT2D eigenvalue weighted by molar-refractivity contribution is -0.130. The summed E-state index contributed by atoms with van der Waals surface area (Å²) in [7, 11) is 2.17. The topological polar surface area (TPSA) is 35.6 Å². The highest BCUT2D eigenvalue weighted by molar-refractivity contribution is 5.84. The Hall–Kier alpha value is -0.610. The molecule has 0 saturated carbocycles. The second kappa shape index (κ2) is 8.74. The van der Waals surface area contributed by atoms with Crippen LogP contribution >= 0.6 is 0 Å². The zero-order valence-electron chi connectivity index (χ0n) is 14.9. The highest BCUT2D eigenvalue weighted by atomic mass is 16.2. The molecule has 1 N–H and O–H groups in total. The van der Waals surface area contributed by atoms with Gasteiger partial charge in [-0.25, -0.2) is 0 Å². The molecule has 1 amide bonds. The maximum atomic E-state index is 12.5. The third-order valence-corrected chi connectivity index (χ3v) is 4.54. The van der Waals surface area contributed by atoms with E-state index in [1.165, 1.54) is 0 Å². The maximum absolute atomic E-state index is 12.5. The van der Waals surface area contributed by atoms with Gasteiger partial charge in [0.2, 0.25) is 5.91 Å². The quantitative estimate of drug-likeness (QED) is 0.665. The number of carbonyl (C=O) groups excluding carboxylic acids is 1. The summed E-state index contributed by atoms with van der Waals surface area (Å²) in [4.78, 5) is 16.9. The molecule has 1 aliphatic heterocycles. The Labute approximate surface area is 131 Å². The first-order valence-corrected chi connectivity index (χ1v) is 8.65. The van der Waals surface area contributed by atoms with Gasteiger partial charge in [-0.2, -0.15) is 0 Å². The first kappa shape index (κ1) is 18.4. The van der Waals surface area contributed by atoms with Gasteiger partial charge in [-0.1, -0.05) is 27.2 Å². The van der Waals surface area contributed by atoms with Crippen LogP contribution in [0.25, 0.3) is 0 Å². The fourth-order valence-corrected chi connectivity index (χ4v) is 2.90. The molecule has 1 rings (SSSR count). The van der Waals surface area contributed by atoms with E-state index in [0.29, 0.717) is 17.9 Å². The molecule has 0 aliphatic carbocycles. The van der Waals surface area contributed by atoms with Crippen LogP contribution < -0.4 is 5.32 Å². The lowest BCUT2D eigenvalue weighted by atomic mass is 10.1. The average Bonchev–Trinajstić information content (AvgIpc) is 2.72. The van der Waals surface area contributed by atoms with E-state index in [-0.39, 0.29) is 12.2 Å².